The van der Waals surface area contributed by atoms with Gasteiger partial charge in [0.15, 0.2) is 23.0 Å². The van der Waals surface area contributed by atoms with E-state index in [2.05, 4.69) is 5.32 Å². The summed E-state index contributed by atoms with van der Waals surface area (Å²) >= 11 is 0. The Bertz CT molecular complexity index is 936. The van der Waals surface area contributed by atoms with Gasteiger partial charge in [-0.3, -0.25) is 4.79 Å². The van der Waals surface area contributed by atoms with Crippen molar-refractivity contribution in [3.05, 3.63) is 47.5 Å². The number of amides is 1. The number of nitrogens with one attached hydrogen (secondary N) is 1. The highest BCUT2D eigenvalue weighted by Gasteiger charge is 2.43. The van der Waals surface area contributed by atoms with E-state index in [0.717, 1.165) is 66.2 Å². The van der Waals surface area contributed by atoms with Crippen molar-refractivity contribution in [3.63, 3.8) is 0 Å². The van der Waals surface area contributed by atoms with Gasteiger partial charge in [0.25, 0.3) is 0 Å². The van der Waals surface area contributed by atoms with Crippen molar-refractivity contribution >= 4 is 5.91 Å². The molecule has 2 aromatic carbocycles. The molecular weight excluding hydrogens is 406 g/mol. The Balaban J connectivity index is 1.44. The maximum absolute atomic E-state index is 13.4. The number of fused-ring (bicyclic) bond motifs is 1. The van der Waals surface area contributed by atoms with Gasteiger partial charge in [-0.2, -0.15) is 0 Å². The summed E-state index contributed by atoms with van der Waals surface area (Å²) in [6.45, 7) is 6.78. The van der Waals surface area contributed by atoms with Gasteiger partial charge in [-0.25, -0.2) is 0 Å². The van der Waals surface area contributed by atoms with Gasteiger partial charge in [-0.05, 0) is 68.5 Å². The predicted molar refractivity (Wildman–Crippen MR) is 123 cm³/mol. The normalized spacial score (nSPS) is 16.4. The van der Waals surface area contributed by atoms with E-state index in [0.29, 0.717) is 33.0 Å². The van der Waals surface area contributed by atoms with Crippen LogP contribution in [0.2, 0.25) is 0 Å². The Hall–Kier alpha value is -2.89. The SMILES string of the molecule is CCOc1ccc(CCNC(=O)C2(c3ccc4c(c3)OCCO4)CCCC2)cc1OCC. The maximum Gasteiger partial charge on any atom is 0.230 e. The van der Waals surface area contributed by atoms with Gasteiger partial charge in [0.05, 0.1) is 18.6 Å². The molecule has 32 heavy (non-hydrogen) atoms. The minimum atomic E-state index is -0.495. The summed E-state index contributed by atoms with van der Waals surface area (Å²) in [5.74, 6) is 3.11. The van der Waals surface area contributed by atoms with E-state index in [1.54, 1.807) is 0 Å². The van der Waals surface area contributed by atoms with Crippen LogP contribution in [0.5, 0.6) is 23.0 Å². The number of carbonyl (C=O) groups is 1. The number of rotatable bonds is 9. The summed E-state index contributed by atoms with van der Waals surface area (Å²) in [6, 6.07) is 11.9. The molecule has 6 heteroatoms. The first kappa shape index (κ1) is 22.3. The fourth-order valence-electron chi connectivity index (χ4n) is 4.71. The molecule has 4 rings (SSSR count). The lowest BCUT2D eigenvalue weighted by molar-refractivity contribution is -0.126. The highest BCUT2D eigenvalue weighted by molar-refractivity contribution is 5.88. The van der Waals surface area contributed by atoms with Crippen molar-refractivity contribution in [2.45, 2.75) is 51.4 Å². The van der Waals surface area contributed by atoms with Crippen LogP contribution in [0.25, 0.3) is 0 Å². The molecule has 0 saturated heterocycles. The van der Waals surface area contributed by atoms with Crippen molar-refractivity contribution in [1.82, 2.24) is 5.32 Å². The average Bonchev–Trinajstić information content (AvgIpc) is 3.32. The summed E-state index contributed by atoms with van der Waals surface area (Å²) < 4.78 is 22.8. The van der Waals surface area contributed by atoms with Crippen molar-refractivity contribution in [2.75, 3.05) is 33.0 Å². The van der Waals surface area contributed by atoms with Crippen molar-refractivity contribution in [1.29, 1.82) is 0 Å². The van der Waals surface area contributed by atoms with E-state index < -0.39 is 5.41 Å². The lowest BCUT2D eigenvalue weighted by Gasteiger charge is -2.30. The highest BCUT2D eigenvalue weighted by atomic mass is 16.6. The van der Waals surface area contributed by atoms with Crippen LogP contribution in [-0.2, 0) is 16.6 Å². The lowest BCUT2D eigenvalue weighted by atomic mass is 9.77. The highest BCUT2D eigenvalue weighted by Crippen LogP contribution is 2.44. The second-order valence-corrected chi connectivity index (χ2v) is 8.30. The second-order valence-electron chi connectivity index (χ2n) is 8.30. The summed E-state index contributed by atoms with van der Waals surface area (Å²) in [6.07, 6.45) is 4.55. The zero-order valence-corrected chi connectivity index (χ0v) is 19.1. The van der Waals surface area contributed by atoms with E-state index in [1.807, 2.05) is 50.2 Å². The van der Waals surface area contributed by atoms with E-state index in [-0.39, 0.29) is 5.91 Å². The lowest BCUT2D eigenvalue weighted by Crippen LogP contribution is -2.43. The minimum Gasteiger partial charge on any atom is -0.490 e. The molecule has 0 aromatic heterocycles. The summed E-state index contributed by atoms with van der Waals surface area (Å²) in [4.78, 5) is 13.4. The van der Waals surface area contributed by atoms with Crippen LogP contribution >= 0.6 is 0 Å². The Kier molecular flexibility index (Phi) is 7.08. The van der Waals surface area contributed by atoms with Gasteiger partial charge in [0.1, 0.15) is 13.2 Å². The van der Waals surface area contributed by atoms with E-state index >= 15 is 0 Å². The first-order valence-corrected chi connectivity index (χ1v) is 11.7. The van der Waals surface area contributed by atoms with Crippen LogP contribution in [-0.4, -0.2) is 38.9 Å². The van der Waals surface area contributed by atoms with Crippen molar-refractivity contribution < 1.29 is 23.7 Å². The van der Waals surface area contributed by atoms with Gasteiger partial charge in [0, 0.05) is 6.54 Å². The van der Waals surface area contributed by atoms with E-state index in [4.69, 9.17) is 18.9 Å². The molecule has 0 unspecified atom stereocenters. The Labute approximate surface area is 190 Å². The number of hydrogen-bond acceptors (Lipinski definition) is 5. The van der Waals surface area contributed by atoms with Gasteiger partial charge >= 0.3 is 0 Å². The predicted octanol–water partition coefficient (Wildman–Crippen LogP) is 4.43. The average molecular weight is 440 g/mol. The van der Waals surface area contributed by atoms with Crippen LogP contribution in [0, 0.1) is 0 Å². The van der Waals surface area contributed by atoms with Crippen molar-refractivity contribution in [2.24, 2.45) is 0 Å². The molecule has 0 spiro atoms. The summed E-state index contributed by atoms with van der Waals surface area (Å²) in [5.41, 5.74) is 1.64. The molecule has 0 bridgehead atoms. The van der Waals surface area contributed by atoms with Gasteiger partial charge < -0.3 is 24.3 Å². The van der Waals surface area contributed by atoms with Gasteiger partial charge in [0.2, 0.25) is 5.91 Å². The second kappa shape index (κ2) is 10.2. The number of benzene rings is 2. The molecular formula is C26H33NO5. The van der Waals surface area contributed by atoms with E-state index in [1.165, 1.54) is 0 Å². The standard InChI is InChI=1S/C26H33NO5/c1-3-29-21-9-7-19(17-23(21)30-4-2)11-14-27-25(28)26(12-5-6-13-26)20-8-10-22-24(18-20)32-16-15-31-22/h7-10,17-18H,3-6,11-16H2,1-2H3,(H,27,28). The van der Waals surface area contributed by atoms with E-state index in [9.17, 15) is 4.79 Å². The Morgan fingerprint density at radius 3 is 2.41 bits per heavy atom. The summed E-state index contributed by atoms with van der Waals surface area (Å²) in [5, 5.41) is 3.20. The molecule has 1 N–H and O–H groups in total. The molecule has 1 amide bonds. The summed E-state index contributed by atoms with van der Waals surface area (Å²) in [7, 11) is 0. The molecule has 0 atom stereocenters. The van der Waals surface area contributed by atoms with Crippen LogP contribution in [0.4, 0.5) is 0 Å². The third kappa shape index (κ3) is 4.64. The number of ether oxygens (including phenoxy) is 4. The van der Waals surface area contributed by atoms with Crippen LogP contribution in [0.1, 0.15) is 50.7 Å². The zero-order chi connectivity index (χ0) is 22.4. The first-order chi connectivity index (χ1) is 15.7. The molecule has 1 heterocycles. The topological polar surface area (TPSA) is 66.0 Å². The Morgan fingerprint density at radius 1 is 0.938 bits per heavy atom. The van der Waals surface area contributed by atoms with Crippen LogP contribution in [0.3, 0.4) is 0 Å². The molecule has 0 radical (unpaired) electrons. The third-order valence-electron chi connectivity index (χ3n) is 6.29. The van der Waals surface area contributed by atoms with Gasteiger partial charge in [-0.1, -0.05) is 25.0 Å². The number of carbonyl (C=O) groups excluding carboxylic acids is 1. The molecule has 172 valence electrons. The fraction of sp³-hybridized carbons (Fsp3) is 0.500. The number of hydrogen-bond donors (Lipinski definition) is 1. The smallest absolute Gasteiger partial charge is 0.230 e. The van der Waals surface area contributed by atoms with Crippen LogP contribution < -0.4 is 24.3 Å². The third-order valence-corrected chi connectivity index (χ3v) is 6.29. The quantitative estimate of drug-likeness (QED) is 0.626. The first-order valence-electron chi connectivity index (χ1n) is 11.7. The minimum absolute atomic E-state index is 0.0997. The Morgan fingerprint density at radius 2 is 1.66 bits per heavy atom. The fourth-order valence-corrected chi connectivity index (χ4v) is 4.71. The van der Waals surface area contributed by atoms with Gasteiger partial charge in [-0.15, -0.1) is 0 Å². The molecule has 1 aliphatic heterocycles. The molecule has 1 fully saturated rings. The molecule has 6 nitrogen and oxygen atoms in total. The van der Waals surface area contributed by atoms with Crippen molar-refractivity contribution in [3.8, 4) is 23.0 Å². The monoisotopic (exact) mass is 439 g/mol. The molecule has 1 aliphatic carbocycles. The van der Waals surface area contributed by atoms with Crippen LogP contribution in [0.15, 0.2) is 36.4 Å². The largest absolute Gasteiger partial charge is 0.490 e. The zero-order valence-electron chi connectivity index (χ0n) is 19.1. The molecule has 2 aromatic rings. The molecule has 2 aliphatic rings. The molecule has 1 saturated carbocycles. The maximum atomic E-state index is 13.4.